The minimum absolute atomic E-state index is 0.204. The molecule has 4 rings (SSSR count). The maximum absolute atomic E-state index is 13.3. The molecular weight excluding hydrogens is 275 g/mol. The van der Waals surface area contributed by atoms with Crippen LogP contribution in [0.15, 0.2) is 42.6 Å². The van der Waals surface area contributed by atoms with Crippen LogP contribution >= 0.6 is 0 Å². The molecule has 22 heavy (non-hydrogen) atoms. The van der Waals surface area contributed by atoms with Gasteiger partial charge in [0.05, 0.1) is 11.7 Å². The molecule has 114 valence electrons. The average Bonchev–Trinajstić information content (AvgIpc) is 2.95. The van der Waals surface area contributed by atoms with Crippen LogP contribution in [0.3, 0.4) is 0 Å². The highest BCUT2D eigenvalue weighted by atomic mass is 19.1. The van der Waals surface area contributed by atoms with Crippen LogP contribution in [0.5, 0.6) is 0 Å². The molecule has 0 spiro atoms. The van der Waals surface area contributed by atoms with E-state index in [1.807, 2.05) is 12.3 Å². The van der Waals surface area contributed by atoms with E-state index in [1.165, 1.54) is 31.7 Å². The van der Waals surface area contributed by atoms with Crippen molar-refractivity contribution in [3.05, 3.63) is 54.1 Å². The summed E-state index contributed by atoms with van der Waals surface area (Å²) in [6.45, 7) is 0. The third kappa shape index (κ3) is 2.44. The molecule has 1 aliphatic heterocycles. The van der Waals surface area contributed by atoms with Crippen molar-refractivity contribution in [1.82, 2.24) is 9.88 Å². The number of aromatic nitrogens is 1. The second kappa shape index (κ2) is 5.47. The van der Waals surface area contributed by atoms with Crippen LogP contribution < -0.4 is 0 Å². The van der Waals surface area contributed by atoms with Gasteiger partial charge < -0.3 is 0 Å². The fourth-order valence-electron chi connectivity index (χ4n) is 4.14. The summed E-state index contributed by atoms with van der Waals surface area (Å²) in [7, 11) is 2.24. The van der Waals surface area contributed by atoms with Crippen LogP contribution in [0, 0.1) is 11.7 Å². The Balaban J connectivity index is 1.59. The van der Waals surface area contributed by atoms with Crippen LogP contribution in [0.4, 0.5) is 4.39 Å². The van der Waals surface area contributed by atoms with E-state index in [0.717, 1.165) is 28.8 Å². The number of rotatable bonds is 2. The predicted molar refractivity (Wildman–Crippen MR) is 85.9 cm³/mol. The Morgan fingerprint density at radius 2 is 2.00 bits per heavy atom. The molecule has 1 aromatic heterocycles. The summed E-state index contributed by atoms with van der Waals surface area (Å²) in [5.74, 6) is 0.668. The maximum atomic E-state index is 13.3. The molecule has 2 bridgehead atoms. The number of nitrogens with zero attached hydrogens (tertiary/aromatic N) is 2. The molecule has 1 saturated carbocycles. The van der Waals surface area contributed by atoms with Gasteiger partial charge in [-0.3, -0.25) is 9.88 Å². The zero-order valence-electron chi connectivity index (χ0n) is 12.9. The van der Waals surface area contributed by atoms with Gasteiger partial charge in [-0.15, -0.1) is 0 Å². The molecule has 2 heterocycles. The number of piperidine rings is 1. The Kier molecular flexibility index (Phi) is 3.45. The molecular formula is C19H21FN2. The van der Waals surface area contributed by atoms with Crippen molar-refractivity contribution in [2.75, 3.05) is 7.05 Å². The molecule has 2 aliphatic rings. The van der Waals surface area contributed by atoms with Crippen LogP contribution in [-0.4, -0.2) is 23.0 Å². The molecule has 3 atom stereocenters. The van der Waals surface area contributed by atoms with Gasteiger partial charge in [-0.2, -0.15) is 0 Å². The van der Waals surface area contributed by atoms with Gasteiger partial charge in [0.15, 0.2) is 0 Å². The van der Waals surface area contributed by atoms with Gasteiger partial charge in [-0.05, 0) is 62.4 Å². The van der Waals surface area contributed by atoms with Crippen LogP contribution in [0.25, 0.3) is 11.1 Å². The van der Waals surface area contributed by atoms with Crippen molar-refractivity contribution < 1.29 is 4.39 Å². The highest BCUT2D eigenvalue weighted by molar-refractivity contribution is 5.62. The first kappa shape index (κ1) is 13.9. The predicted octanol–water partition coefficient (Wildman–Crippen LogP) is 4.43. The van der Waals surface area contributed by atoms with E-state index >= 15 is 0 Å². The molecule has 1 aliphatic carbocycles. The fraction of sp³-hybridized carbons (Fsp3) is 0.421. The Labute approximate surface area is 131 Å². The molecule has 1 saturated heterocycles. The minimum atomic E-state index is -0.204. The Morgan fingerprint density at radius 1 is 1.09 bits per heavy atom. The Morgan fingerprint density at radius 3 is 2.77 bits per heavy atom. The van der Waals surface area contributed by atoms with Gasteiger partial charge in [-0.25, -0.2) is 4.39 Å². The zero-order valence-corrected chi connectivity index (χ0v) is 12.9. The van der Waals surface area contributed by atoms with Crippen molar-refractivity contribution in [3.8, 4) is 11.1 Å². The summed E-state index contributed by atoms with van der Waals surface area (Å²) in [5, 5.41) is 0. The minimum Gasteiger partial charge on any atom is -0.295 e. The summed E-state index contributed by atoms with van der Waals surface area (Å²) < 4.78 is 13.3. The molecule has 1 aromatic carbocycles. The van der Waals surface area contributed by atoms with Crippen molar-refractivity contribution in [3.63, 3.8) is 0 Å². The lowest BCUT2D eigenvalue weighted by Gasteiger charge is -2.37. The van der Waals surface area contributed by atoms with E-state index in [0.29, 0.717) is 6.04 Å². The van der Waals surface area contributed by atoms with Gasteiger partial charge in [0, 0.05) is 17.8 Å². The molecule has 0 amide bonds. The number of fused-ring (bicyclic) bond motifs is 2. The largest absolute Gasteiger partial charge is 0.295 e. The van der Waals surface area contributed by atoms with Crippen molar-refractivity contribution in [2.45, 2.75) is 37.8 Å². The average molecular weight is 296 g/mol. The molecule has 0 N–H and O–H groups in total. The first-order valence-electron chi connectivity index (χ1n) is 8.14. The maximum Gasteiger partial charge on any atom is 0.123 e. The van der Waals surface area contributed by atoms with Crippen molar-refractivity contribution in [1.29, 1.82) is 0 Å². The second-order valence-electron chi connectivity index (χ2n) is 6.73. The quantitative estimate of drug-likeness (QED) is 0.815. The number of pyridine rings is 1. The van der Waals surface area contributed by atoms with Gasteiger partial charge in [0.1, 0.15) is 5.82 Å². The van der Waals surface area contributed by atoms with E-state index in [2.05, 4.69) is 24.1 Å². The number of likely N-dealkylation sites (tertiary alicyclic amines) is 1. The van der Waals surface area contributed by atoms with E-state index in [-0.39, 0.29) is 5.82 Å². The van der Waals surface area contributed by atoms with Crippen molar-refractivity contribution in [2.24, 2.45) is 5.92 Å². The smallest absolute Gasteiger partial charge is 0.123 e. The lowest BCUT2D eigenvalue weighted by molar-refractivity contribution is 0.116. The SMILES string of the molecule is CN1C2CCC(C2)CC1c1ccc(-c2cccc(F)c2)cn1. The Bertz CT molecular complexity index is 667. The topological polar surface area (TPSA) is 16.1 Å². The van der Waals surface area contributed by atoms with Gasteiger partial charge >= 0.3 is 0 Å². The number of benzene rings is 1. The highest BCUT2D eigenvalue weighted by Gasteiger charge is 2.38. The van der Waals surface area contributed by atoms with E-state index in [1.54, 1.807) is 12.1 Å². The number of hydrogen-bond acceptors (Lipinski definition) is 2. The van der Waals surface area contributed by atoms with Gasteiger partial charge in [0.2, 0.25) is 0 Å². The molecule has 2 aromatic rings. The monoisotopic (exact) mass is 296 g/mol. The summed E-state index contributed by atoms with van der Waals surface area (Å²) in [6.07, 6.45) is 7.16. The first-order chi connectivity index (χ1) is 10.7. The lowest BCUT2D eigenvalue weighted by Crippen LogP contribution is -2.37. The summed E-state index contributed by atoms with van der Waals surface area (Å²) in [6, 6.07) is 12.1. The lowest BCUT2D eigenvalue weighted by atomic mass is 9.90. The standard InChI is InChI=1S/C19H21FN2/c1-22-17-7-5-13(9-17)10-19(22)18-8-6-15(12-21-18)14-3-2-4-16(20)11-14/h2-4,6,8,11-13,17,19H,5,7,9-10H2,1H3. The number of hydrogen-bond donors (Lipinski definition) is 0. The fourth-order valence-corrected chi connectivity index (χ4v) is 4.14. The molecule has 2 fully saturated rings. The number of halogens is 1. The van der Waals surface area contributed by atoms with E-state index in [4.69, 9.17) is 4.98 Å². The first-order valence-corrected chi connectivity index (χ1v) is 8.14. The highest BCUT2D eigenvalue weighted by Crippen LogP contribution is 2.44. The van der Waals surface area contributed by atoms with Gasteiger partial charge in [-0.1, -0.05) is 18.2 Å². The molecule has 3 heteroatoms. The Hall–Kier alpha value is -1.74. The summed E-state index contributed by atoms with van der Waals surface area (Å²) in [4.78, 5) is 7.20. The third-order valence-electron chi connectivity index (χ3n) is 5.42. The molecule has 2 nitrogen and oxygen atoms in total. The molecule has 3 unspecified atom stereocenters. The summed E-state index contributed by atoms with van der Waals surface area (Å²) >= 11 is 0. The second-order valence-corrected chi connectivity index (χ2v) is 6.73. The van der Waals surface area contributed by atoms with Crippen LogP contribution in [-0.2, 0) is 0 Å². The molecule has 0 radical (unpaired) electrons. The van der Waals surface area contributed by atoms with E-state index < -0.39 is 0 Å². The third-order valence-corrected chi connectivity index (χ3v) is 5.42. The van der Waals surface area contributed by atoms with E-state index in [9.17, 15) is 4.39 Å². The van der Waals surface area contributed by atoms with Crippen LogP contribution in [0.1, 0.15) is 37.4 Å². The van der Waals surface area contributed by atoms with Crippen molar-refractivity contribution >= 4 is 0 Å². The van der Waals surface area contributed by atoms with Crippen LogP contribution in [0.2, 0.25) is 0 Å². The zero-order chi connectivity index (χ0) is 15.1. The normalized spacial score (nSPS) is 28.0. The van der Waals surface area contributed by atoms with Gasteiger partial charge in [0.25, 0.3) is 0 Å². The summed E-state index contributed by atoms with van der Waals surface area (Å²) in [5.41, 5.74) is 3.01.